The molecule has 6 heteroatoms. The molecule has 0 heterocycles. The molecular formula is C7H17AlO5. The number of ether oxygens (including phenoxy) is 3. The molecule has 1 N–H and O–H groups in total. The molecular weight excluding hydrogens is 191 g/mol. The first-order valence-electron chi connectivity index (χ1n) is 3.63. The van der Waals surface area contributed by atoms with Crippen LogP contribution in [0.25, 0.3) is 0 Å². The Morgan fingerprint density at radius 3 is 2.23 bits per heavy atom. The van der Waals surface area contributed by atoms with Crippen molar-refractivity contribution in [1.29, 1.82) is 0 Å². The summed E-state index contributed by atoms with van der Waals surface area (Å²) in [7, 11) is 1.59. The zero-order chi connectivity index (χ0) is 9.23. The van der Waals surface area contributed by atoms with Crippen molar-refractivity contribution in [1.82, 2.24) is 0 Å². The van der Waals surface area contributed by atoms with Crippen LogP contribution in [0.5, 0.6) is 0 Å². The van der Waals surface area contributed by atoms with Crippen LogP contribution in [0.1, 0.15) is 0 Å². The number of aliphatic carboxylic acids is 1. The van der Waals surface area contributed by atoms with E-state index in [0.29, 0.717) is 26.4 Å². The van der Waals surface area contributed by atoms with Gasteiger partial charge in [-0.15, -0.1) is 0 Å². The summed E-state index contributed by atoms with van der Waals surface area (Å²) in [6.07, 6.45) is 0. The Bertz CT molecular complexity index is 119. The molecule has 0 aromatic carbocycles. The van der Waals surface area contributed by atoms with Gasteiger partial charge in [0.2, 0.25) is 0 Å². The number of methoxy groups -OCH3 is 1. The van der Waals surface area contributed by atoms with Gasteiger partial charge in [-0.1, -0.05) is 0 Å². The van der Waals surface area contributed by atoms with Crippen molar-refractivity contribution in [2.45, 2.75) is 0 Å². The van der Waals surface area contributed by atoms with Crippen molar-refractivity contribution in [3.05, 3.63) is 0 Å². The Kier molecular flexibility index (Phi) is 14.0. The highest BCUT2D eigenvalue weighted by Crippen LogP contribution is 1.79. The van der Waals surface area contributed by atoms with E-state index < -0.39 is 5.97 Å². The summed E-state index contributed by atoms with van der Waals surface area (Å²) in [5, 5.41) is 8.17. The molecule has 0 atom stereocenters. The largest absolute Gasteiger partial charge is 0.480 e. The highest BCUT2D eigenvalue weighted by Gasteiger charge is 1.95. The molecule has 0 radical (unpaired) electrons. The second kappa shape index (κ2) is 11.9. The second-order valence-electron chi connectivity index (χ2n) is 2.05. The van der Waals surface area contributed by atoms with Crippen LogP contribution < -0.4 is 0 Å². The van der Waals surface area contributed by atoms with Crippen molar-refractivity contribution < 1.29 is 24.1 Å². The van der Waals surface area contributed by atoms with Crippen molar-refractivity contribution >= 4 is 23.3 Å². The van der Waals surface area contributed by atoms with Crippen LogP contribution in [0.4, 0.5) is 0 Å². The Morgan fingerprint density at radius 1 is 1.15 bits per heavy atom. The minimum Gasteiger partial charge on any atom is -0.480 e. The smallest absolute Gasteiger partial charge is 0.329 e. The summed E-state index contributed by atoms with van der Waals surface area (Å²) in [5.41, 5.74) is 0. The second-order valence-corrected chi connectivity index (χ2v) is 2.05. The van der Waals surface area contributed by atoms with Crippen LogP contribution in [0.2, 0.25) is 0 Å². The van der Waals surface area contributed by atoms with E-state index in [0.717, 1.165) is 0 Å². The van der Waals surface area contributed by atoms with E-state index in [-0.39, 0.29) is 24.0 Å². The van der Waals surface area contributed by atoms with E-state index in [1.807, 2.05) is 0 Å². The molecule has 0 amide bonds. The third kappa shape index (κ3) is 14.7. The van der Waals surface area contributed by atoms with Gasteiger partial charge in [-0.2, -0.15) is 0 Å². The molecule has 0 rings (SSSR count). The number of rotatable bonds is 8. The molecule has 0 aliphatic rings. The Labute approximate surface area is 88.1 Å². The zero-order valence-electron chi connectivity index (χ0n) is 7.12. The van der Waals surface area contributed by atoms with Gasteiger partial charge >= 0.3 is 5.97 Å². The first kappa shape index (κ1) is 15.4. The maximum Gasteiger partial charge on any atom is 0.329 e. The lowest BCUT2D eigenvalue weighted by atomic mass is 10.7. The fourth-order valence-electron chi connectivity index (χ4n) is 0.522. The van der Waals surface area contributed by atoms with Crippen LogP contribution in [0, 0.1) is 0 Å². The van der Waals surface area contributed by atoms with Gasteiger partial charge in [-0.3, -0.25) is 0 Å². The average molecular weight is 208 g/mol. The molecule has 13 heavy (non-hydrogen) atoms. The summed E-state index contributed by atoms with van der Waals surface area (Å²) >= 11 is 0. The quantitative estimate of drug-likeness (QED) is 0.391. The number of hydrogen-bond donors (Lipinski definition) is 1. The van der Waals surface area contributed by atoms with Gasteiger partial charge < -0.3 is 19.3 Å². The van der Waals surface area contributed by atoms with Gasteiger partial charge in [0, 0.05) is 7.11 Å². The number of carbonyl (C=O) groups is 1. The number of carboxylic acids is 1. The molecule has 0 saturated carbocycles. The van der Waals surface area contributed by atoms with Crippen molar-refractivity contribution in [3.63, 3.8) is 0 Å². The van der Waals surface area contributed by atoms with Crippen LogP contribution in [-0.4, -0.2) is 68.6 Å². The standard InChI is InChI=1S/C7H14O5.Al.3H/c1-10-2-3-11-4-5-12-6-7(8)9;;;;/h2-6H2,1H3,(H,8,9);;;;. The Hall–Kier alpha value is -0.118. The third-order valence-corrected chi connectivity index (χ3v) is 1.03. The van der Waals surface area contributed by atoms with Crippen molar-refractivity contribution in [3.8, 4) is 0 Å². The average Bonchev–Trinajstić information content (AvgIpc) is 2.02. The maximum atomic E-state index is 9.95. The molecule has 0 aromatic rings. The van der Waals surface area contributed by atoms with E-state index in [1.54, 1.807) is 7.11 Å². The van der Waals surface area contributed by atoms with Crippen LogP contribution in [-0.2, 0) is 19.0 Å². The third-order valence-electron chi connectivity index (χ3n) is 1.03. The lowest BCUT2D eigenvalue weighted by molar-refractivity contribution is -0.142. The van der Waals surface area contributed by atoms with E-state index in [2.05, 4.69) is 0 Å². The first-order valence-corrected chi connectivity index (χ1v) is 3.63. The van der Waals surface area contributed by atoms with E-state index in [9.17, 15) is 4.79 Å². The predicted octanol–water partition coefficient (Wildman–Crippen LogP) is -1.43. The fraction of sp³-hybridized carbons (Fsp3) is 0.857. The molecule has 0 aliphatic heterocycles. The van der Waals surface area contributed by atoms with Crippen LogP contribution >= 0.6 is 0 Å². The van der Waals surface area contributed by atoms with Crippen LogP contribution in [0.3, 0.4) is 0 Å². The van der Waals surface area contributed by atoms with E-state index in [4.69, 9.17) is 19.3 Å². The fourth-order valence-corrected chi connectivity index (χ4v) is 0.522. The van der Waals surface area contributed by atoms with Crippen LogP contribution in [0.15, 0.2) is 0 Å². The highest BCUT2D eigenvalue weighted by atomic mass is 27.0. The first-order chi connectivity index (χ1) is 5.77. The molecule has 78 valence electrons. The SMILES string of the molecule is COCCOCCOCC(=O)O.[AlH3]. The molecule has 0 bridgehead atoms. The number of hydrogen-bond acceptors (Lipinski definition) is 4. The van der Waals surface area contributed by atoms with Gasteiger partial charge in [0.15, 0.2) is 17.4 Å². The summed E-state index contributed by atoms with van der Waals surface area (Å²) in [6, 6.07) is 0. The van der Waals surface area contributed by atoms with Crippen molar-refractivity contribution in [2.75, 3.05) is 40.1 Å². The lowest BCUT2D eigenvalue weighted by Gasteiger charge is -2.02. The molecule has 5 nitrogen and oxygen atoms in total. The molecule has 0 aliphatic carbocycles. The Balaban J connectivity index is 0. The summed E-state index contributed by atoms with van der Waals surface area (Å²) in [5.74, 6) is -0.966. The molecule has 0 fully saturated rings. The minimum absolute atomic E-state index is 0. The number of carboxylic acid groups (broad SMARTS) is 1. The lowest BCUT2D eigenvalue weighted by Crippen LogP contribution is -2.12. The monoisotopic (exact) mass is 208 g/mol. The maximum absolute atomic E-state index is 9.95. The molecule has 0 saturated heterocycles. The van der Waals surface area contributed by atoms with E-state index >= 15 is 0 Å². The molecule has 0 spiro atoms. The summed E-state index contributed by atoms with van der Waals surface area (Å²) in [6.45, 7) is 1.48. The normalized spacial score (nSPS) is 9.31. The van der Waals surface area contributed by atoms with Crippen molar-refractivity contribution in [2.24, 2.45) is 0 Å². The van der Waals surface area contributed by atoms with Gasteiger partial charge in [0.1, 0.15) is 6.61 Å². The predicted molar refractivity (Wildman–Crippen MR) is 51.1 cm³/mol. The van der Waals surface area contributed by atoms with Gasteiger partial charge in [0.05, 0.1) is 26.4 Å². The summed E-state index contributed by atoms with van der Waals surface area (Å²) in [4.78, 5) is 9.95. The summed E-state index contributed by atoms with van der Waals surface area (Å²) < 4.78 is 14.4. The van der Waals surface area contributed by atoms with Gasteiger partial charge in [-0.05, 0) is 0 Å². The van der Waals surface area contributed by atoms with Gasteiger partial charge in [0.25, 0.3) is 0 Å². The van der Waals surface area contributed by atoms with Gasteiger partial charge in [-0.25, -0.2) is 4.79 Å². The van der Waals surface area contributed by atoms with E-state index in [1.165, 1.54) is 0 Å². The zero-order valence-corrected chi connectivity index (χ0v) is 7.12. The highest BCUT2D eigenvalue weighted by molar-refractivity contribution is 5.75. The Morgan fingerprint density at radius 2 is 1.69 bits per heavy atom. The molecule has 0 aromatic heterocycles. The minimum atomic E-state index is -0.966. The topological polar surface area (TPSA) is 65.0 Å². The molecule has 0 unspecified atom stereocenters.